The molecule has 0 heterocycles. The maximum Gasteiger partial charge on any atom is 0.406 e. The highest BCUT2D eigenvalue weighted by molar-refractivity contribution is 5.69. The van der Waals surface area contributed by atoms with E-state index in [0.29, 0.717) is 12.8 Å². The predicted molar refractivity (Wildman–Crippen MR) is 71.6 cm³/mol. The molecule has 0 aromatic rings. The molecule has 2 nitrogen and oxygen atoms in total. The summed E-state index contributed by atoms with van der Waals surface area (Å²) in [5.41, 5.74) is -4.07. The van der Waals surface area contributed by atoms with Gasteiger partial charge in [0.2, 0.25) is 0 Å². The van der Waals surface area contributed by atoms with Crippen LogP contribution in [0.15, 0.2) is 0 Å². The Morgan fingerprint density at radius 2 is 1.52 bits per heavy atom. The number of halogens is 6. The standard InChI is InChI=1S/C15H22F6O2/c1-3-12(22)23-11(9-10-7-5-4-6-8-10)13(2,14(16,17)18)15(19,20)21/h10-11H,3-9H2,1-2H3. The van der Waals surface area contributed by atoms with E-state index in [2.05, 4.69) is 4.74 Å². The summed E-state index contributed by atoms with van der Waals surface area (Å²) in [4.78, 5) is 11.4. The number of carbonyl (C=O) groups excluding carboxylic acids is 1. The second kappa shape index (κ2) is 7.30. The van der Waals surface area contributed by atoms with Crippen LogP contribution in [0.5, 0.6) is 0 Å². The fourth-order valence-electron chi connectivity index (χ4n) is 2.90. The maximum atomic E-state index is 13.2. The van der Waals surface area contributed by atoms with Gasteiger partial charge in [0.25, 0.3) is 0 Å². The van der Waals surface area contributed by atoms with Gasteiger partial charge in [0.15, 0.2) is 5.41 Å². The van der Waals surface area contributed by atoms with Crippen molar-refractivity contribution < 1.29 is 35.9 Å². The van der Waals surface area contributed by atoms with E-state index >= 15 is 0 Å². The quantitative estimate of drug-likeness (QED) is 0.490. The second-order valence-electron chi connectivity index (χ2n) is 6.27. The minimum atomic E-state index is -5.56. The molecule has 0 aliphatic heterocycles. The normalized spacial score (nSPS) is 19.5. The largest absolute Gasteiger partial charge is 0.461 e. The molecule has 1 aliphatic rings. The molecule has 0 aromatic carbocycles. The summed E-state index contributed by atoms with van der Waals surface area (Å²) in [7, 11) is 0. The van der Waals surface area contributed by atoms with Gasteiger partial charge in [-0.1, -0.05) is 39.0 Å². The van der Waals surface area contributed by atoms with E-state index in [0.717, 1.165) is 19.3 Å². The van der Waals surface area contributed by atoms with Gasteiger partial charge in [-0.15, -0.1) is 0 Å². The van der Waals surface area contributed by atoms with E-state index in [4.69, 9.17) is 0 Å². The van der Waals surface area contributed by atoms with Gasteiger partial charge in [-0.25, -0.2) is 0 Å². The first-order chi connectivity index (χ1) is 10.4. The van der Waals surface area contributed by atoms with Crippen molar-refractivity contribution in [2.75, 3.05) is 0 Å². The van der Waals surface area contributed by atoms with Crippen LogP contribution in [-0.2, 0) is 9.53 Å². The van der Waals surface area contributed by atoms with Crippen molar-refractivity contribution in [2.24, 2.45) is 11.3 Å². The second-order valence-corrected chi connectivity index (χ2v) is 6.27. The summed E-state index contributed by atoms with van der Waals surface area (Å²) in [6.07, 6.45) is -10.5. The van der Waals surface area contributed by atoms with Gasteiger partial charge in [0.1, 0.15) is 6.10 Å². The Balaban J connectivity index is 3.14. The Kier molecular flexibility index (Phi) is 6.38. The molecule has 0 bridgehead atoms. The molecule has 0 amide bonds. The molecule has 0 aromatic heterocycles. The van der Waals surface area contributed by atoms with Crippen LogP contribution in [0.3, 0.4) is 0 Å². The van der Waals surface area contributed by atoms with Crippen molar-refractivity contribution in [3.63, 3.8) is 0 Å². The van der Waals surface area contributed by atoms with Crippen LogP contribution < -0.4 is 0 Å². The minimum absolute atomic E-state index is 0.0867. The molecule has 1 saturated carbocycles. The SMILES string of the molecule is CCC(=O)OC(CC1CCCCC1)C(C)(C(F)(F)F)C(F)(F)F. The van der Waals surface area contributed by atoms with E-state index in [1.165, 1.54) is 6.92 Å². The highest BCUT2D eigenvalue weighted by Crippen LogP contribution is 2.54. The predicted octanol–water partition coefficient (Wildman–Crippen LogP) is 5.41. The molecule has 0 N–H and O–H groups in total. The number of hydrogen-bond donors (Lipinski definition) is 0. The number of rotatable bonds is 5. The van der Waals surface area contributed by atoms with E-state index < -0.39 is 36.3 Å². The molecule has 1 aliphatic carbocycles. The minimum Gasteiger partial charge on any atom is -0.461 e. The molecular formula is C15H22F6O2. The summed E-state index contributed by atoms with van der Waals surface area (Å²) in [5, 5.41) is 0. The van der Waals surface area contributed by atoms with Gasteiger partial charge in [-0.3, -0.25) is 4.79 Å². The van der Waals surface area contributed by atoms with E-state index in [1.807, 2.05) is 0 Å². The molecule has 8 heteroatoms. The summed E-state index contributed by atoms with van der Waals surface area (Å²) in [6, 6.07) is 0. The highest BCUT2D eigenvalue weighted by atomic mass is 19.4. The van der Waals surface area contributed by atoms with E-state index in [9.17, 15) is 31.1 Å². The van der Waals surface area contributed by atoms with Gasteiger partial charge in [0, 0.05) is 6.42 Å². The lowest BCUT2D eigenvalue weighted by atomic mass is 9.75. The average Bonchev–Trinajstić information content (AvgIpc) is 2.44. The van der Waals surface area contributed by atoms with Gasteiger partial charge in [0.05, 0.1) is 0 Å². The zero-order valence-electron chi connectivity index (χ0n) is 13.2. The van der Waals surface area contributed by atoms with E-state index in [-0.39, 0.29) is 19.3 Å². The van der Waals surface area contributed by atoms with Gasteiger partial charge in [-0.05, 0) is 19.3 Å². The molecule has 23 heavy (non-hydrogen) atoms. The number of ether oxygens (including phenoxy) is 1. The first kappa shape index (κ1) is 20.1. The smallest absolute Gasteiger partial charge is 0.406 e. The summed E-state index contributed by atoms with van der Waals surface area (Å²) < 4.78 is 84.1. The first-order valence-corrected chi connectivity index (χ1v) is 7.76. The summed E-state index contributed by atoms with van der Waals surface area (Å²) in [6.45, 7) is 1.42. The number of esters is 1. The topological polar surface area (TPSA) is 26.3 Å². The molecule has 1 fully saturated rings. The zero-order chi connectivity index (χ0) is 17.9. The highest BCUT2D eigenvalue weighted by Gasteiger charge is 2.72. The van der Waals surface area contributed by atoms with Crippen LogP contribution in [-0.4, -0.2) is 24.4 Å². The molecule has 0 spiro atoms. The van der Waals surface area contributed by atoms with Crippen LogP contribution in [0.2, 0.25) is 0 Å². The Bertz CT molecular complexity index is 382. The number of hydrogen-bond acceptors (Lipinski definition) is 2. The molecule has 1 atom stereocenters. The average molecular weight is 348 g/mol. The van der Waals surface area contributed by atoms with E-state index in [1.54, 1.807) is 0 Å². The monoisotopic (exact) mass is 348 g/mol. The van der Waals surface area contributed by atoms with Gasteiger partial charge < -0.3 is 4.74 Å². The van der Waals surface area contributed by atoms with Crippen LogP contribution in [0.25, 0.3) is 0 Å². The molecule has 1 rings (SSSR count). The van der Waals surface area contributed by atoms with Crippen molar-refractivity contribution in [3.8, 4) is 0 Å². The zero-order valence-corrected chi connectivity index (χ0v) is 13.2. The van der Waals surface area contributed by atoms with Crippen molar-refractivity contribution in [1.29, 1.82) is 0 Å². The molecular weight excluding hydrogens is 326 g/mol. The third-order valence-electron chi connectivity index (χ3n) is 4.66. The Hall–Kier alpha value is -0.950. The number of alkyl halides is 6. The van der Waals surface area contributed by atoms with Crippen molar-refractivity contribution in [1.82, 2.24) is 0 Å². The van der Waals surface area contributed by atoms with Crippen LogP contribution in [0, 0.1) is 11.3 Å². The Morgan fingerprint density at radius 1 is 1.04 bits per heavy atom. The lowest BCUT2D eigenvalue weighted by Gasteiger charge is -2.41. The van der Waals surface area contributed by atoms with Crippen molar-refractivity contribution in [3.05, 3.63) is 0 Å². The van der Waals surface area contributed by atoms with Gasteiger partial charge in [-0.2, -0.15) is 26.3 Å². The van der Waals surface area contributed by atoms with Gasteiger partial charge >= 0.3 is 18.3 Å². The van der Waals surface area contributed by atoms with Crippen LogP contribution in [0.4, 0.5) is 26.3 Å². The Labute approximate surface area is 131 Å². The third-order valence-corrected chi connectivity index (χ3v) is 4.66. The number of carbonyl (C=O) groups is 1. The molecule has 0 saturated heterocycles. The summed E-state index contributed by atoms with van der Waals surface area (Å²) in [5.74, 6) is -1.34. The summed E-state index contributed by atoms with van der Waals surface area (Å²) >= 11 is 0. The molecule has 0 radical (unpaired) electrons. The lowest BCUT2D eigenvalue weighted by Crippen LogP contribution is -2.57. The third kappa shape index (κ3) is 4.53. The first-order valence-electron chi connectivity index (χ1n) is 7.76. The fraction of sp³-hybridized carbons (Fsp3) is 0.933. The van der Waals surface area contributed by atoms with Crippen LogP contribution in [0.1, 0.15) is 58.8 Å². The molecule has 1 unspecified atom stereocenters. The van der Waals surface area contributed by atoms with Crippen molar-refractivity contribution in [2.45, 2.75) is 77.2 Å². The molecule has 136 valence electrons. The fourth-order valence-corrected chi connectivity index (χ4v) is 2.90. The van der Waals surface area contributed by atoms with Crippen molar-refractivity contribution >= 4 is 5.97 Å². The Morgan fingerprint density at radius 3 is 1.91 bits per heavy atom. The van der Waals surface area contributed by atoms with Crippen LogP contribution >= 0.6 is 0 Å². The lowest BCUT2D eigenvalue weighted by molar-refractivity contribution is -0.360. The maximum absolute atomic E-state index is 13.2.